The summed E-state index contributed by atoms with van der Waals surface area (Å²) in [5.74, 6) is 0. The van der Waals surface area contributed by atoms with Crippen LogP contribution in [0.1, 0.15) is 0 Å². The Labute approximate surface area is 55.9 Å². The maximum atomic E-state index is 10.4. The van der Waals surface area contributed by atoms with E-state index in [-0.39, 0.29) is 5.62 Å². The highest BCUT2D eigenvalue weighted by molar-refractivity contribution is 7.89. The first-order chi connectivity index (χ1) is 3.62. The van der Waals surface area contributed by atoms with Crippen LogP contribution in [0.5, 0.6) is 0 Å². The van der Waals surface area contributed by atoms with Gasteiger partial charge in [-0.25, -0.2) is 4.79 Å². The molecule has 0 saturated carbocycles. The van der Waals surface area contributed by atoms with Gasteiger partial charge in [-0.3, -0.25) is 4.57 Å². The lowest BCUT2D eigenvalue weighted by molar-refractivity contribution is 0.564. The second kappa shape index (κ2) is 3.26. The van der Waals surface area contributed by atoms with Crippen molar-refractivity contribution in [2.75, 3.05) is 5.62 Å². The predicted octanol–water partition coefficient (Wildman–Crippen LogP) is 1.95. The topological polar surface area (TPSA) is 46.5 Å². The fourth-order valence-corrected chi connectivity index (χ4v) is 0.516. The SMILES string of the molecule is O=C=NP(=O)(Cl)CCl. The molecular weight excluding hydrogens is 172 g/mol. The van der Waals surface area contributed by atoms with E-state index in [0.717, 1.165) is 6.08 Å². The summed E-state index contributed by atoms with van der Waals surface area (Å²) in [7, 11) is 0. The molecule has 0 N–H and O–H groups in total. The van der Waals surface area contributed by atoms with Crippen LogP contribution in [0.3, 0.4) is 0 Å². The van der Waals surface area contributed by atoms with Crippen LogP contribution in [0.15, 0.2) is 4.76 Å². The normalized spacial score (nSPS) is 16.2. The molecule has 0 amide bonds. The molecule has 0 aliphatic carbocycles. The molecule has 6 heteroatoms. The zero-order valence-electron chi connectivity index (χ0n) is 3.67. The minimum Gasteiger partial charge on any atom is -0.279 e. The molecule has 1 unspecified atom stereocenters. The Hall–Kier alpha value is 0.190. The Morgan fingerprint density at radius 2 is 2.25 bits per heavy atom. The highest BCUT2D eigenvalue weighted by Gasteiger charge is 2.13. The standard InChI is InChI=1S/C2H2Cl2NO2P/c3-1-8(4,7)5-2-6/h1H2. The van der Waals surface area contributed by atoms with Crippen molar-refractivity contribution >= 4 is 35.6 Å². The first-order valence-corrected chi connectivity index (χ1v) is 4.85. The Bertz CT molecular complexity index is 163. The number of alkyl halides is 1. The molecule has 46 valence electrons. The monoisotopic (exact) mass is 173 g/mol. The van der Waals surface area contributed by atoms with E-state index in [0.29, 0.717) is 0 Å². The quantitative estimate of drug-likeness (QED) is 0.278. The Kier molecular flexibility index (Phi) is 3.34. The van der Waals surface area contributed by atoms with E-state index in [1.165, 1.54) is 0 Å². The van der Waals surface area contributed by atoms with E-state index in [9.17, 15) is 9.36 Å². The van der Waals surface area contributed by atoms with Crippen molar-refractivity contribution in [2.24, 2.45) is 4.76 Å². The summed E-state index contributed by atoms with van der Waals surface area (Å²) in [6.07, 6.45) is 1.05. The van der Waals surface area contributed by atoms with Gasteiger partial charge in [-0.05, 0) is 11.2 Å². The van der Waals surface area contributed by atoms with Crippen LogP contribution in [0.4, 0.5) is 0 Å². The van der Waals surface area contributed by atoms with Crippen molar-refractivity contribution in [3.63, 3.8) is 0 Å². The molecule has 0 heterocycles. The molecule has 8 heavy (non-hydrogen) atoms. The molecule has 0 bridgehead atoms. The van der Waals surface area contributed by atoms with E-state index >= 15 is 0 Å². The van der Waals surface area contributed by atoms with Crippen LogP contribution in [-0.4, -0.2) is 11.7 Å². The molecule has 0 aliphatic rings. The number of halogens is 2. The Morgan fingerprint density at radius 3 is 2.38 bits per heavy atom. The number of carbonyl (C=O) groups excluding carboxylic acids is 1. The molecule has 0 spiro atoms. The largest absolute Gasteiger partial charge is 0.300 e. The van der Waals surface area contributed by atoms with Gasteiger partial charge in [0.25, 0.3) is 6.65 Å². The fraction of sp³-hybridized carbons (Fsp3) is 0.500. The Balaban J connectivity index is 4.14. The third-order valence-electron chi connectivity index (χ3n) is 0.338. The van der Waals surface area contributed by atoms with Gasteiger partial charge >= 0.3 is 0 Å². The minimum atomic E-state index is -3.23. The molecule has 0 fully saturated rings. The van der Waals surface area contributed by atoms with Gasteiger partial charge in [-0.1, -0.05) is 0 Å². The highest BCUT2D eigenvalue weighted by atomic mass is 35.7. The van der Waals surface area contributed by atoms with Gasteiger partial charge in [-0.2, -0.15) is 0 Å². The molecule has 0 rings (SSSR count). The van der Waals surface area contributed by atoms with Crippen molar-refractivity contribution in [2.45, 2.75) is 0 Å². The first kappa shape index (κ1) is 8.19. The number of isocyanates is 1. The number of rotatable bonds is 2. The summed E-state index contributed by atoms with van der Waals surface area (Å²) in [5, 5.41) is 0. The molecule has 0 aromatic carbocycles. The first-order valence-electron chi connectivity index (χ1n) is 1.56. The van der Waals surface area contributed by atoms with Crippen molar-refractivity contribution < 1.29 is 9.36 Å². The summed E-state index contributed by atoms with van der Waals surface area (Å²) < 4.78 is 13.1. The fourth-order valence-electron chi connectivity index (χ4n) is 0.0877. The van der Waals surface area contributed by atoms with Crippen LogP contribution < -0.4 is 0 Å². The van der Waals surface area contributed by atoms with Crippen LogP contribution >= 0.6 is 29.5 Å². The summed E-state index contributed by atoms with van der Waals surface area (Å²) in [5.41, 5.74) is -0.330. The van der Waals surface area contributed by atoms with E-state index < -0.39 is 6.65 Å². The lowest BCUT2D eigenvalue weighted by Crippen LogP contribution is -1.64. The second-order valence-electron chi connectivity index (χ2n) is 0.927. The third kappa shape index (κ3) is 3.23. The van der Waals surface area contributed by atoms with Gasteiger partial charge < -0.3 is 0 Å². The summed E-state index contributed by atoms with van der Waals surface area (Å²) in [6, 6.07) is 0. The summed E-state index contributed by atoms with van der Waals surface area (Å²) in [4.78, 5) is 9.37. The van der Waals surface area contributed by atoms with Gasteiger partial charge in [0.05, 0.1) is 0 Å². The van der Waals surface area contributed by atoms with Crippen molar-refractivity contribution in [1.29, 1.82) is 0 Å². The summed E-state index contributed by atoms with van der Waals surface area (Å²) >= 11 is 10.0. The van der Waals surface area contributed by atoms with Crippen LogP contribution in [0.25, 0.3) is 0 Å². The smallest absolute Gasteiger partial charge is 0.279 e. The number of nitrogens with zero attached hydrogens (tertiary/aromatic N) is 1. The van der Waals surface area contributed by atoms with Gasteiger partial charge in [0.2, 0.25) is 6.08 Å². The van der Waals surface area contributed by atoms with E-state index in [1.807, 2.05) is 0 Å². The minimum absolute atomic E-state index is 0.330. The molecule has 0 radical (unpaired) electrons. The molecular formula is C2H2Cl2NO2P. The van der Waals surface area contributed by atoms with Gasteiger partial charge in [-0.15, -0.1) is 16.4 Å². The van der Waals surface area contributed by atoms with Gasteiger partial charge in [0, 0.05) is 0 Å². The average molecular weight is 174 g/mol. The Morgan fingerprint density at radius 1 is 1.75 bits per heavy atom. The maximum absolute atomic E-state index is 10.4. The number of hydrogen-bond acceptors (Lipinski definition) is 2. The lowest BCUT2D eigenvalue weighted by Gasteiger charge is -1.90. The molecule has 0 saturated heterocycles. The molecule has 3 nitrogen and oxygen atoms in total. The maximum Gasteiger partial charge on any atom is 0.300 e. The van der Waals surface area contributed by atoms with Crippen LogP contribution in [-0.2, 0) is 9.36 Å². The second-order valence-corrected chi connectivity index (χ2v) is 4.90. The average Bonchev–Trinajstić information content (AvgIpc) is 1.67. The zero-order chi connectivity index (χ0) is 6.62. The van der Waals surface area contributed by atoms with E-state index in [1.54, 1.807) is 0 Å². The third-order valence-corrected chi connectivity index (χ3v) is 2.94. The van der Waals surface area contributed by atoms with E-state index in [2.05, 4.69) is 4.76 Å². The van der Waals surface area contributed by atoms with Crippen molar-refractivity contribution in [3.8, 4) is 0 Å². The lowest BCUT2D eigenvalue weighted by atomic mass is 11.7. The van der Waals surface area contributed by atoms with Crippen molar-refractivity contribution in [3.05, 3.63) is 0 Å². The van der Waals surface area contributed by atoms with E-state index in [4.69, 9.17) is 22.8 Å². The van der Waals surface area contributed by atoms with Crippen molar-refractivity contribution in [1.82, 2.24) is 0 Å². The molecule has 0 aromatic heterocycles. The molecule has 0 aromatic rings. The van der Waals surface area contributed by atoms with Crippen LogP contribution in [0, 0.1) is 0 Å². The highest BCUT2D eigenvalue weighted by Crippen LogP contribution is 2.52. The summed E-state index contributed by atoms with van der Waals surface area (Å²) in [6.45, 7) is -3.23. The van der Waals surface area contributed by atoms with Gasteiger partial charge in [0.15, 0.2) is 0 Å². The number of hydrogen-bond donors (Lipinski definition) is 0. The molecule has 1 atom stereocenters. The van der Waals surface area contributed by atoms with Crippen LogP contribution in [0.2, 0.25) is 0 Å². The van der Waals surface area contributed by atoms with Gasteiger partial charge in [0.1, 0.15) is 5.62 Å². The zero-order valence-corrected chi connectivity index (χ0v) is 6.08. The molecule has 0 aliphatic heterocycles. The predicted molar refractivity (Wildman–Crippen MR) is 32.3 cm³/mol.